The number of nitrogens with zero attached hydrogens (tertiary/aromatic N) is 2. The Morgan fingerprint density at radius 2 is 0.659 bits per heavy atom. The van der Waals surface area contributed by atoms with Gasteiger partial charge in [-0.3, -0.25) is 0 Å². The molecule has 0 N–H and O–H groups in total. The Morgan fingerprint density at radius 3 is 1.14 bits per heavy atom. The molecule has 0 bridgehead atoms. The van der Waals surface area contributed by atoms with E-state index in [1.54, 1.807) is 0 Å². The Hall–Kier alpha value is -5.86. The Labute approximate surface area is 255 Å². The van der Waals surface area contributed by atoms with E-state index in [2.05, 4.69) is 179 Å². The van der Waals surface area contributed by atoms with Crippen LogP contribution in [0.5, 0.6) is 0 Å². The Kier molecular flexibility index (Phi) is 5.54. The molecule has 206 valence electrons. The monoisotopic (exact) mass is 560 g/mol. The molecule has 0 fully saturated rings. The van der Waals surface area contributed by atoms with E-state index in [-0.39, 0.29) is 0 Å². The van der Waals surface area contributed by atoms with Crippen LogP contribution in [-0.2, 0) is 0 Å². The third-order valence-electron chi connectivity index (χ3n) is 8.91. The fourth-order valence-electron chi connectivity index (χ4n) is 6.89. The lowest BCUT2D eigenvalue weighted by Crippen LogP contribution is -1.98. The molecule has 2 heterocycles. The summed E-state index contributed by atoms with van der Waals surface area (Å²) in [6.07, 6.45) is 0. The van der Waals surface area contributed by atoms with Crippen LogP contribution in [0.2, 0.25) is 0 Å². The highest BCUT2D eigenvalue weighted by Crippen LogP contribution is 2.38. The average molecular weight is 561 g/mol. The first-order valence-corrected chi connectivity index (χ1v) is 15.1. The third kappa shape index (κ3) is 3.82. The smallest absolute Gasteiger partial charge is 0.0547 e. The van der Waals surface area contributed by atoms with Gasteiger partial charge in [-0.15, -0.1) is 0 Å². The average Bonchev–Trinajstić information content (AvgIpc) is 3.61. The van der Waals surface area contributed by atoms with Crippen LogP contribution in [0, 0.1) is 0 Å². The van der Waals surface area contributed by atoms with Crippen molar-refractivity contribution in [3.8, 4) is 33.6 Å². The molecule has 44 heavy (non-hydrogen) atoms. The van der Waals surface area contributed by atoms with Gasteiger partial charge in [0.25, 0.3) is 0 Å². The number of para-hydroxylation sites is 2. The van der Waals surface area contributed by atoms with E-state index >= 15 is 0 Å². The molecule has 7 aromatic carbocycles. The maximum Gasteiger partial charge on any atom is 0.0547 e. The molecule has 0 aliphatic rings. The second-order valence-corrected chi connectivity index (χ2v) is 11.4. The summed E-state index contributed by atoms with van der Waals surface area (Å²) in [4.78, 5) is 0. The topological polar surface area (TPSA) is 9.86 Å². The van der Waals surface area contributed by atoms with Gasteiger partial charge in [0.1, 0.15) is 0 Å². The van der Waals surface area contributed by atoms with E-state index in [9.17, 15) is 0 Å². The lowest BCUT2D eigenvalue weighted by molar-refractivity contribution is 1.13. The van der Waals surface area contributed by atoms with E-state index in [0.717, 1.165) is 11.4 Å². The first kappa shape index (κ1) is 24.7. The molecular weight excluding hydrogens is 532 g/mol. The number of benzene rings is 7. The molecule has 0 unspecified atom stereocenters. The lowest BCUT2D eigenvalue weighted by atomic mass is 10.0. The van der Waals surface area contributed by atoms with Crippen molar-refractivity contribution in [3.05, 3.63) is 170 Å². The Bertz CT molecular complexity index is 2310. The van der Waals surface area contributed by atoms with Gasteiger partial charge in [-0.2, -0.15) is 0 Å². The van der Waals surface area contributed by atoms with Crippen molar-refractivity contribution in [1.29, 1.82) is 0 Å². The predicted molar refractivity (Wildman–Crippen MR) is 186 cm³/mol. The summed E-state index contributed by atoms with van der Waals surface area (Å²) in [5, 5.41) is 5.04. The molecule has 2 nitrogen and oxygen atoms in total. The van der Waals surface area contributed by atoms with Crippen molar-refractivity contribution < 1.29 is 0 Å². The zero-order chi connectivity index (χ0) is 29.0. The fraction of sp³-hybridized carbons (Fsp3) is 0. The van der Waals surface area contributed by atoms with Gasteiger partial charge >= 0.3 is 0 Å². The van der Waals surface area contributed by atoms with Crippen LogP contribution < -0.4 is 0 Å². The van der Waals surface area contributed by atoms with Gasteiger partial charge in [-0.05, 0) is 64.7 Å². The molecule has 0 aliphatic heterocycles. The Balaban J connectivity index is 1.30. The zero-order valence-corrected chi connectivity index (χ0v) is 24.1. The fourth-order valence-corrected chi connectivity index (χ4v) is 6.89. The molecule has 0 aliphatic carbocycles. The summed E-state index contributed by atoms with van der Waals surface area (Å²) in [6.45, 7) is 0. The molecule has 2 heteroatoms. The quantitative estimate of drug-likeness (QED) is 0.203. The predicted octanol–water partition coefficient (Wildman–Crippen LogP) is 11.2. The van der Waals surface area contributed by atoms with Crippen molar-refractivity contribution >= 4 is 43.6 Å². The molecule has 0 radical (unpaired) electrons. The van der Waals surface area contributed by atoms with E-state index in [1.165, 1.54) is 65.9 Å². The van der Waals surface area contributed by atoms with Crippen molar-refractivity contribution in [3.63, 3.8) is 0 Å². The minimum absolute atomic E-state index is 1.14. The first-order valence-electron chi connectivity index (χ1n) is 15.1. The second kappa shape index (κ2) is 9.86. The van der Waals surface area contributed by atoms with Crippen LogP contribution in [0.15, 0.2) is 170 Å². The highest BCUT2D eigenvalue weighted by atomic mass is 15.0. The SMILES string of the molecule is c1ccc(-c2ccc3c4ccccc4n(-c4cccc(-n5c6ccccc6c6ccc(-c7ccccc7)cc65)c4)c3c2)cc1. The first-order chi connectivity index (χ1) is 21.8. The highest BCUT2D eigenvalue weighted by molar-refractivity contribution is 6.11. The maximum absolute atomic E-state index is 2.42. The zero-order valence-electron chi connectivity index (χ0n) is 24.1. The van der Waals surface area contributed by atoms with Crippen LogP contribution >= 0.6 is 0 Å². The summed E-state index contributed by atoms with van der Waals surface area (Å²) >= 11 is 0. The summed E-state index contributed by atoms with van der Waals surface area (Å²) in [6, 6.07) is 61.5. The number of hydrogen-bond donors (Lipinski definition) is 0. The molecule has 2 aromatic heterocycles. The molecule has 0 spiro atoms. The maximum atomic E-state index is 2.42. The summed E-state index contributed by atoms with van der Waals surface area (Å²) in [7, 11) is 0. The number of hydrogen-bond acceptors (Lipinski definition) is 0. The lowest BCUT2D eigenvalue weighted by Gasteiger charge is -2.13. The minimum atomic E-state index is 1.14. The summed E-state index contributed by atoms with van der Waals surface area (Å²) < 4.78 is 4.84. The molecule has 0 saturated heterocycles. The molecule has 0 atom stereocenters. The van der Waals surface area contributed by atoms with Crippen LogP contribution in [0.4, 0.5) is 0 Å². The van der Waals surface area contributed by atoms with E-state index in [0.29, 0.717) is 0 Å². The summed E-state index contributed by atoms with van der Waals surface area (Å²) in [5.41, 5.74) is 12.0. The van der Waals surface area contributed by atoms with Crippen molar-refractivity contribution in [2.45, 2.75) is 0 Å². The number of aromatic nitrogens is 2. The molecule has 0 amide bonds. The third-order valence-corrected chi connectivity index (χ3v) is 8.91. The number of rotatable bonds is 4. The van der Waals surface area contributed by atoms with Crippen LogP contribution in [0.3, 0.4) is 0 Å². The van der Waals surface area contributed by atoms with E-state index in [4.69, 9.17) is 0 Å². The summed E-state index contributed by atoms with van der Waals surface area (Å²) in [5.74, 6) is 0. The number of fused-ring (bicyclic) bond motifs is 6. The normalized spacial score (nSPS) is 11.6. The van der Waals surface area contributed by atoms with Crippen LogP contribution in [0.25, 0.3) is 77.2 Å². The van der Waals surface area contributed by atoms with E-state index in [1.807, 2.05) is 0 Å². The second-order valence-electron chi connectivity index (χ2n) is 11.4. The van der Waals surface area contributed by atoms with E-state index < -0.39 is 0 Å². The van der Waals surface area contributed by atoms with Crippen molar-refractivity contribution in [2.75, 3.05) is 0 Å². The van der Waals surface area contributed by atoms with Gasteiger partial charge in [0.2, 0.25) is 0 Å². The minimum Gasteiger partial charge on any atom is -0.309 e. The molecular formula is C42H28N2. The van der Waals surface area contributed by atoms with Crippen molar-refractivity contribution in [2.24, 2.45) is 0 Å². The largest absolute Gasteiger partial charge is 0.309 e. The van der Waals surface area contributed by atoms with Gasteiger partial charge in [0.15, 0.2) is 0 Å². The van der Waals surface area contributed by atoms with Gasteiger partial charge in [0, 0.05) is 32.9 Å². The van der Waals surface area contributed by atoms with Crippen molar-refractivity contribution in [1.82, 2.24) is 9.13 Å². The van der Waals surface area contributed by atoms with Crippen LogP contribution in [-0.4, -0.2) is 9.13 Å². The van der Waals surface area contributed by atoms with Gasteiger partial charge in [0.05, 0.1) is 22.1 Å². The molecule has 0 saturated carbocycles. The molecule has 9 rings (SSSR count). The highest BCUT2D eigenvalue weighted by Gasteiger charge is 2.16. The Morgan fingerprint density at radius 1 is 0.250 bits per heavy atom. The van der Waals surface area contributed by atoms with Gasteiger partial charge in [-0.25, -0.2) is 0 Å². The molecule has 9 aromatic rings. The van der Waals surface area contributed by atoms with Gasteiger partial charge < -0.3 is 9.13 Å². The van der Waals surface area contributed by atoms with Gasteiger partial charge in [-0.1, -0.05) is 127 Å². The standard InChI is InChI=1S/C42H28N2/c1-3-12-29(13-4-1)31-22-24-37-35-18-7-9-20-39(35)43(41(37)26-31)33-16-11-17-34(28-33)44-40-21-10-8-19-36(40)38-25-23-32(27-42(38)44)30-14-5-2-6-15-30/h1-28H. The van der Waals surface area contributed by atoms with Crippen LogP contribution in [0.1, 0.15) is 0 Å².